The van der Waals surface area contributed by atoms with Crippen LogP contribution in [0.1, 0.15) is 30.9 Å². The molecule has 0 aromatic heterocycles. The van der Waals surface area contributed by atoms with Gasteiger partial charge in [0, 0.05) is 24.1 Å². The minimum Gasteiger partial charge on any atom is -0.466 e. The molecule has 0 atom stereocenters. The van der Waals surface area contributed by atoms with Gasteiger partial charge in [-0.05, 0) is 19.1 Å². The summed E-state index contributed by atoms with van der Waals surface area (Å²) in [6.45, 7) is 2.73. The van der Waals surface area contributed by atoms with E-state index in [1.807, 2.05) is 24.3 Å². The Bertz CT molecular complexity index is 686. The predicted molar refractivity (Wildman–Crippen MR) is 82.6 cm³/mol. The number of ether oxygens (including phenoxy) is 1. The average Bonchev–Trinajstić information content (AvgIpc) is 2.51. The topological polar surface area (TPSA) is 46.6 Å². The summed E-state index contributed by atoms with van der Waals surface area (Å²) < 4.78 is 4.80. The maximum atomic E-state index is 12.1. The van der Waals surface area contributed by atoms with Crippen molar-refractivity contribution in [1.82, 2.24) is 4.90 Å². The van der Waals surface area contributed by atoms with Crippen LogP contribution in [0, 0.1) is 23.7 Å². The second-order valence-corrected chi connectivity index (χ2v) is 4.70. The summed E-state index contributed by atoms with van der Waals surface area (Å²) >= 11 is 0. The molecule has 0 saturated carbocycles. The van der Waals surface area contributed by atoms with E-state index in [0.717, 1.165) is 11.1 Å². The number of hydrogen-bond acceptors (Lipinski definition) is 3. The third-order valence-corrected chi connectivity index (χ3v) is 3.10. The van der Waals surface area contributed by atoms with E-state index in [4.69, 9.17) is 4.74 Å². The summed E-state index contributed by atoms with van der Waals surface area (Å²) in [5.74, 6) is 11.4. The molecule has 0 saturated heterocycles. The summed E-state index contributed by atoms with van der Waals surface area (Å²) in [4.78, 5) is 25.1. The first-order valence-electron chi connectivity index (χ1n) is 7.21. The highest BCUT2D eigenvalue weighted by atomic mass is 16.5. The summed E-state index contributed by atoms with van der Waals surface area (Å²) in [5, 5.41) is 0. The molecule has 4 heteroatoms. The van der Waals surface area contributed by atoms with E-state index in [-0.39, 0.29) is 25.5 Å². The van der Waals surface area contributed by atoms with Gasteiger partial charge in [0.1, 0.15) is 6.42 Å². The molecule has 1 aromatic carbocycles. The van der Waals surface area contributed by atoms with Gasteiger partial charge in [-0.25, -0.2) is 0 Å². The molecule has 1 aromatic rings. The molecule has 0 radical (unpaired) electrons. The summed E-state index contributed by atoms with van der Waals surface area (Å²) in [7, 11) is 0. The van der Waals surface area contributed by atoms with E-state index >= 15 is 0 Å². The summed E-state index contributed by atoms with van der Waals surface area (Å²) in [5.41, 5.74) is 1.76. The first-order valence-corrected chi connectivity index (χ1v) is 7.21. The first kappa shape index (κ1) is 15.7. The zero-order valence-electron chi connectivity index (χ0n) is 12.5. The van der Waals surface area contributed by atoms with Crippen molar-refractivity contribution in [2.45, 2.75) is 19.8 Å². The minimum absolute atomic E-state index is 0.250. The molecule has 1 aliphatic heterocycles. The normalized spacial score (nSPS) is 12.9. The summed E-state index contributed by atoms with van der Waals surface area (Å²) in [6, 6.07) is 7.67. The van der Waals surface area contributed by atoms with Gasteiger partial charge in [-0.1, -0.05) is 35.8 Å². The van der Waals surface area contributed by atoms with E-state index in [1.54, 1.807) is 11.8 Å². The van der Waals surface area contributed by atoms with Gasteiger partial charge in [0.25, 0.3) is 0 Å². The van der Waals surface area contributed by atoms with Crippen LogP contribution in [0.5, 0.6) is 0 Å². The van der Waals surface area contributed by atoms with Gasteiger partial charge in [-0.15, -0.1) is 0 Å². The van der Waals surface area contributed by atoms with Crippen molar-refractivity contribution >= 4 is 11.9 Å². The number of carbonyl (C=O) groups is 2. The van der Waals surface area contributed by atoms with Crippen LogP contribution in [0.15, 0.2) is 24.3 Å². The van der Waals surface area contributed by atoms with Crippen LogP contribution in [0.2, 0.25) is 0 Å². The number of carbonyl (C=O) groups excluding carboxylic acids is 2. The third kappa shape index (κ3) is 4.40. The van der Waals surface area contributed by atoms with Gasteiger partial charge in [0.2, 0.25) is 5.91 Å². The number of rotatable bonds is 3. The first-order chi connectivity index (χ1) is 10.7. The lowest BCUT2D eigenvalue weighted by molar-refractivity contribution is -0.148. The number of amides is 1. The number of esters is 1. The van der Waals surface area contributed by atoms with Crippen LogP contribution in [-0.4, -0.2) is 36.5 Å². The molecular weight excluding hydrogens is 278 g/mol. The highest BCUT2D eigenvalue weighted by Gasteiger charge is 2.17. The maximum Gasteiger partial charge on any atom is 0.315 e. The molecule has 112 valence electrons. The predicted octanol–water partition coefficient (Wildman–Crippen LogP) is 1.58. The smallest absolute Gasteiger partial charge is 0.315 e. The van der Waals surface area contributed by atoms with Crippen molar-refractivity contribution in [3.8, 4) is 23.7 Å². The van der Waals surface area contributed by atoms with Crippen molar-refractivity contribution in [2.75, 3.05) is 19.7 Å². The van der Waals surface area contributed by atoms with Gasteiger partial charge in [0.05, 0.1) is 13.2 Å². The van der Waals surface area contributed by atoms with Crippen molar-refractivity contribution in [3.05, 3.63) is 35.4 Å². The third-order valence-electron chi connectivity index (χ3n) is 3.10. The Balaban J connectivity index is 2.10. The molecule has 1 amide bonds. The second-order valence-electron chi connectivity index (χ2n) is 4.70. The number of hydrogen-bond donors (Lipinski definition) is 0. The Kier molecular flexibility index (Phi) is 5.63. The average molecular weight is 295 g/mol. The van der Waals surface area contributed by atoms with Gasteiger partial charge < -0.3 is 9.64 Å². The highest BCUT2D eigenvalue weighted by molar-refractivity contribution is 5.94. The van der Waals surface area contributed by atoms with E-state index in [9.17, 15) is 9.59 Å². The molecule has 2 rings (SSSR count). The lowest BCUT2D eigenvalue weighted by Gasteiger charge is -2.18. The van der Waals surface area contributed by atoms with Crippen LogP contribution >= 0.6 is 0 Å². The lowest BCUT2D eigenvalue weighted by atomic mass is 10.1. The Morgan fingerprint density at radius 1 is 1.18 bits per heavy atom. The van der Waals surface area contributed by atoms with Crippen LogP contribution < -0.4 is 0 Å². The molecule has 0 aliphatic carbocycles. The largest absolute Gasteiger partial charge is 0.466 e. The maximum absolute atomic E-state index is 12.1. The second kappa shape index (κ2) is 7.90. The Labute approximate surface area is 130 Å². The minimum atomic E-state index is -0.506. The Morgan fingerprint density at radius 3 is 2.55 bits per heavy atom. The number of benzene rings is 1. The standard InChI is InChI=1S/C18H17NO3/c1-2-22-18(21)14-17(20)19-12-6-5-10-15-8-3-4-9-16(15)11-7-13-19/h3-4,8-9H,2,6,12-14H2,1H3. The highest BCUT2D eigenvalue weighted by Crippen LogP contribution is 2.07. The summed E-state index contributed by atoms with van der Waals surface area (Å²) in [6.07, 6.45) is 0.296. The van der Waals surface area contributed by atoms with E-state index in [0.29, 0.717) is 13.0 Å². The molecule has 1 heterocycles. The van der Waals surface area contributed by atoms with Crippen LogP contribution in [0.4, 0.5) is 0 Å². The van der Waals surface area contributed by atoms with E-state index < -0.39 is 5.97 Å². The fraction of sp³-hybridized carbons (Fsp3) is 0.333. The quantitative estimate of drug-likeness (QED) is 0.483. The van der Waals surface area contributed by atoms with Gasteiger partial charge in [0.15, 0.2) is 0 Å². The van der Waals surface area contributed by atoms with E-state index in [2.05, 4.69) is 23.7 Å². The number of nitrogens with zero attached hydrogens (tertiary/aromatic N) is 1. The van der Waals surface area contributed by atoms with Crippen LogP contribution in [0.25, 0.3) is 0 Å². The van der Waals surface area contributed by atoms with E-state index in [1.165, 1.54) is 0 Å². The fourth-order valence-electron chi connectivity index (χ4n) is 2.02. The number of fused-ring (bicyclic) bond motifs is 1. The molecule has 22 heavy (non-hydrogen) atoms. The SMILES string of the molecule is CCOC(=O)CC(=O)N1CC#Cc2ccccc2C#CCC1. The van der Waals surface area contributed by atoms with Gasteiger partial charge in [-0.2, -0.15) is 0 Å². The molecule has 1 aliphatic rings. The van der Waals surface area contributed by atoms with Crippen molar-refractivity contribution < 1.29 is 14.3 Å². The van der Waals surface area contributed by atoms with Crippen molar-refractivity contribution in [2.24, 2.45) is 0 Å². The molecule has 0 unspecified atom stereocenters. The molecular formula is C18H17NO3. The molecule has 0 bridgehead atoms. The lowest BCUT2D eigenvalue weighted by Crippen LogP contribution is -2.34. The molecule has 4 nitrogen and oxygen atoms in total. The van der Waals surface area contributed by atoms with Crippen LogP contribution in [-0.2, 0) is 14.3 Å². The Hall–Kier alpha value is -2.72. The molecule has 0 fully saturated rings. The van der Waals surface area contributed by atoms with Gasteiger partial charge >= 0.3 is 5.97 Å². The van der Waals surface area contributed by atoms with Gasteiger partial charge in [-0.3, -0.25) is 9.59 Å². The van der Waals surface area contributed by atoms with Crippen molar-refractivity contribution in [3.63, 3.8) is 0 Å². The molecule has 0 spiro atoms. The fourth-order valence-corrected chi connectivity index (χ4v) is 2.02. The monoisotopic (exact) mass is 295 g/mol. The van der Waals surface area contributed by atoms with Crippen LogP contribution in [0.3, 0.4) is 0 Å². The zero-order valence-corrected chi connectivity index (χ0v) is 12.5. The Morgan fingerprint density at radius 2 is 1.86 bits per heavy atom. The zero-order chi connectivity index (χ0) is 15.8. The molecule has 0 N–H and O–H groups in total. The van der Waals surface area contributed by atoms with Crippen molar-refractivity contribution in [1.29, 1.82) is 0 Å².